The van der Waals surface area contributed by atoms with Gasteiger partial charge in [0.2, 0.25) is 0 Å². The number of anilines is 2. The molecule has 0 radical (unpaired) electrons. The normalized spacial score (nSPS) is 10.2. The van der Waals surface area contributed by atoms with Crippen molar-refractivity contribution >= 4 is 17.4 Å². The van der Waals surface area contributed by atoms with Crippen molar-refractivity contribution < 1.29 is 9.53 Å². The molecule has 2 rings (SSSR count). The van der Waals surface area contributed by atoms with E-state index in [0.717, 1.165) is 0 Å². The molecule has 5 heteroatoms. The van der Waals surface area contributed by atoms with E-state index in [9.17, 15) is 4.79 Å². The first-order chi connectivity index (χ1) is 11.1. The molecular weight excluding hydrogens is 290 g/mol. The SMILES string of the molecule is C=CCNc1ccc(C(=O)Nc2ccccc2OC(C)C)cn1. The zero-order chi connectivity index (χ0) is 16.7. The van der Waals surface area contributed by atoms with Crippen molar-refractivity contribution in [2.24, 2.45) is 0 Å². The second-order valence-corrected chi connectivity index (χ2v) is 5.22. The van der Waals surface area contributed by atoms with Gasteiger partial charge >= 0.3 is 0 Å². The van der Waals surface area contributed by atoms with E-state index >= 15 is 0 Å². The molecule has 5 nitrogen and oxygen atoms in total. The fraction of sp³-hybridized carbons (Fsp3) is 0.222. The highest BCUT2D eigenvalue weighted by Crippen LogP contribution is 2.25. The summed E-state index contributed by atoms with van der Waals surface area (Å²) in [4.78, 5) is 16.5. The van der Waals surface area contributed by atoms with E-state index in [-0.39, 0.29) is 12.0 Å². The summed E-state index contributed by atoms with van der Waals surface area (Å²) in [5.74, 6) is 1.12. The molecule has 23 heavy (non-hydrogen) atoms. The van der Waals surface area contributed by atoms with E-state index in [2.05, 4.69) is 22.2 Å². The predicted molar refractivity (Wildman–Crippen MR) is 93.1 cm³/mol. The van der Waals surface area contributed by atoms with E-state index in [1.165, 1.54) is 6.20 Å². The maximum atomic E-state index is 12.3. The Morgan fingerprint density at radius 2 is 2.09 bits per heavy atom. The number of nitrogens with one attached hydrogen (secondary N) is 2. The highest BCUT2D eigenvalue weighted by atomic mass is 16.5. The van der Waals surface area contributed by atoms with Gasteiger partial charge in [-0.1, -0.05) is 18.2 Å². The zero-order valence-electron chi connectivity index (χ0n) is 13.4. The number of benzene rings is 1. The lowest BCUT2D eigenvalue weighted by Crippen LogP contribution is -2.15. The Bertz CT molecular complexity index is 666. The summed E-state index contributed by atoms with van der Waals surface area (Å²) < 4.78 is 5.70. The zero-order valence-corrected chi connectivity index (χ0v) is 13.4. The van der Waals surface area contributed by atoms with Crippen molar-refractivity contribution in [3.8, 4) is 5.75 Å². The molecule has 0 aliphatic carbocycles. The van der Waals surface area contributed by atoms with Crippen molar-refractivity contribution in [2.45, 2.75) is 20.0 Å². The van der Waals surface area contributed by atoms with Gasteiger partial charge in [0.25, 0.3) is 5.91 Å². The fourth-order valence-electron chi connectivity index (χ4n) is 1.93. The number of amides is 1. The van der Waals surface area contributed by atoms with Crippen LogP contribution >= 0.6 is 0 Å². The highest BCUT2D eigenvalue weighted by molar-refractivity contribution is 6.04. The van der Waals surface area contributed by atoms with Crippen LogP contribution in [0, 0.1) is 0 Å². The van der Waals surface area contributed by atoms with Crippen LogP contribution in [0.1, 0.15) is 24.2 Å². The minimum atomic E-state index is -0.229. The van der Waals surface area contributed by atoms with Crippen LogP contribution in [-0.4, -0.2) is 23.5 Å². The summed E-state index contributed by atoms with van der Waals surface area (Å²) >= 11 is 0. The van der Waals surface area contributed by atoms with Crippen LogP contribution in [0.2, 0.25) is 0 Å². The topological polar surface area (TPSA) is 63.2 Å². The Hall–Kier alpha value is -2.82. The third kappa shape index (κ3) is 4.85. The Labute approximate surface area is 136 Å². The fourth-order valence-corrected chi connectivity index (χ4v) is 1.93. The van der Waals surface area contributed by atoms with Crippen LogP contribution in [0.4, 0.5) is 11.5 Å². The van der Waals surface area contributed by atoms with Crippen LogP contribution in [0.5, 0.6) is 5.75 Å². The molecule has 1 aromatic carbocycles. The quantitative estimate of drug-likeness (QED) is 0.765. The van der Waals surface area contributed by atoms with Crippen LogP contribution in [-0.2, 0) is 0 Å². The molecule has 0 fully saturated rings. The summed E-state index contributed by atoms with van der Waals surface area (Å²) in [7, 11) is 0. The smallest absolute Gasteiger partial charge is 0.257 e. The van der Waals surface area contributed by atoms with Crippen molar-refractivity contribution in [1.82, 2.24) is 4.98 Å². The monoisotopic (exact) mass is 311 g/mol. The third-order valence-corrected chi connectivity index (χ3v) is 2.95. The number of aromatic nitrogens is 1. The Morgan fingerprint density at radius 3 is 2.74 bits per heavy atom. The standard InChI is InChI=1S/C18H21N3O2/c1-4-11-19-17-10-9-14(12-20-17)18(22)21-15-7-5-6-8-16(15)23-13(2)3/h4-10,12-13H,1,11H2,2-3H3,(H,19,20)(H,21,22). The number of rotatable bonds is 7. The largest absolute Gasteiger partial charge is 0.489 e. The van der Waals surface area contributed by atoms with Gasteiger partial charge in [0.15, 0.2) is 0 Å². The van der Waals surface area contributed by atoms with Gasteiger partial charge in [-0.05, 0) is 38.1 Å². The van der Waals surface area contributed by atoms with Crippen LogP contribution in [0.25, 0.3) is 0 Å². The number of carbonyl (C=O) groups excluding carboxylic acids is 1. The van der Waals surface area contributed by atoms with Crippen molar-refractivity contribution in [1.29, 1.82) is 0 Å². The number of pyridine rings is 1. The summed E-state index contributed by atoms with van der Waals surface area (Å²) in [6.45, 7) is 8.14. The second-order valence-electron chi connectivity index (χ2n) is 5.22. The first-order valence-electron chi connectivity index (χ1n) is 7.48. The molecule has 0 saturated carbocycles. The van der Waals surface area contributed by atoms with E-state index < -0.39 is 0 Å². The average Bonchev–Trinajstić information content (AvgIpc) is 2.54. The molecule has 120 valence electrons. The van der Waals surface area contributed by atoms with Gasteiger partial charge in [0, 0.05) is 12.7 Å². The van der Waals surface area contributed by atoms with Gasteiger partial charge in [0.1, 0.15) is 11.6 Å². The first kappa shape index (κ1) is 16.5. The molecule has 1 amide bonds. The van der Waals surface area contributed by atoms with Gasteiger partial charge in [0.05, 0.1) is 17.4 Å². The number of ether oxygens (including phenoxy) is 1. The van der Waals surface area contributed by atoms with E-state index in [1.807, 2.05) is 38.1 Å². The first-order valence-corrected chi connectivity index (χ1v) is 7.48. The van der Waals surface area contributed by atoms with Crippen molar-refractivity contribution in [2.75, 3.05) is 17.2 Å². The maximum absolute atomic E-state index is 12.3. The van der Waals surface area contributed by atoms with Gasteiger partial charge in [-0.15, -0.1) is 6.58 Å². The summed E-state index contributed by atoms with van der Waals surface area (Å²) in [6.07, 6.45) is 3.31. The van der Waals surface area contributed by atoms with E-state index in [0.29, 0.717) is 29.4 Å². The molecule has 0 aliphatic heterocycles. The van der Waals surface area contributed by atoms with E-state index in [1.54, 1.807) is 18.2 Å². The minimum Gasteiger partial charge on any atom is -0.489 e. The molecular formula is C18H21N3O2. The van der Waals surface area contributed by atoms with Gasteiger partial charge < -0.3 is 15.4 Å². The molecule has 2 aromatic rings. The second kappa shape index (κ2) is 7.98. The lowest BCUT2D eigenvalue weighted by Gasteiger charge is -2.14. The Morgan fingerprint density at radius 1 is 1.30 bits per heavy atom. The number of carbonyl (C=O) groups is 1. The third-order valence-electron chi connectivity index (χ3n) is 2.95. The lowest BCUT2D eigenvalue weighted by atomic mass is 10.2. The molecule has 0 atom stereocenters. The molecule has 0 bridgehead atoms. The average molecular weight is 311 g/mol. The van der Waals surface area contributed by atoms with Crippen LogP contribution < -0.4 is 15.4 Å². The minimum absolute atomic E-state index is 0.0323. The van der Waals surface area contributed by atoms with Gasteiger partial charge in [-0.3, -0.25) is 4.79 Å². The predicted octanol–water partition coefficient (Wildman–Crippen LogP) is 3.72. The number of para-hydroxylation sites is 2. The van der Waals surface area contributed by atoms with Gasteiger partial charge in [-0.2, -0.15) is 0 Å². The molecule has 0 unspecified atom stereocenters. The van der Waals surface area contributed by atoms with Crippen LogP contribution in [0.3, 0.4) is 0 Å². The molecule has 0 spiro atoms. The molecule has 0 saturated heterocycles. The van der Waals surface area contributed by atoms with E-state index in [4.69, 9.17) is 4.74 Å². The highest BCUT2D eigenvalue weighted by Gasteiger charge is 2.11. The number of hydrogen-bond acceptors (Lipinski definition) is 4. The number of nitrogens with zero attached hydrogens (tertiary/aromatic N) is 1. The van der Waals surface area contributed by atoms with Gasteiger partial charge in [-0.25, -0.2) is 4.98 Å². The van der Waals surface area contributed by atoms with Crippen LogP contribution in [0.15, 0.2) is 55.3 Å². The molecule has 0 aliphatic rings. The summed E-state index contributed by atoms with van der Waals surface area (Å²) in [6, 6.07) is 10.8. The van der Waals surface area contributed by atoms with Crippen molar-refractivity contribution in [3.05, 3.63) is 60.8 Å². The molecule has 1 aromatic heterocycles. The summed E-state index contributed by atoms with van der Waals surface area (Å²) in [5, 5.41) is 5.91. The number of hydrogen-bond donors (Lipinski definition) is 2. The lowest BCUT2D eigenvalue weighted by molar-refractivity contribution is 0.102. The van der Waals surface area contributed by atoms with Crippen molar-refractivity contribution in [3.63, 3.8) is 0 Å². The summed E-state index contributed by atoms with van der Waals surface area (Å²) in [5.41, 5.74) is 1.12. The Balaban J connectivity index is 2.08. The maximum Gasteiger partial charge on any atom is 0.257 e. The molecule has 1 heterocycles. The Kier molecular flexibility index (Phi) is 5.74. The molecule has 2 N–H and O–H groups in total.